The summed E-state index contributed by atoms with van der Waals surface area (Å²) in [4.78, 5) is 0. The molecule has 1 aromatic carbocycles. The van der Waals surface area contributed by atoms with Crippen LogP contribution >= 0.6 is 11.6 Å². The van der Waals surface area contributed by atoms with Crippen molar-refractivity contribution in [1.82, 2.24) is 0 Å². The average molecular weight is 313 g/mol. The first-order valence-corrected chi connectivity index (χ1v) is 8.44. The third kappa shape index (κ3) is 7.73. The molecule has 0 saturated heterocycles. The van der Waals surface area contributed by atoms with Crippen LogP contribution < -0.4 is 4.74 Å². The molecule has 0 aliphatic carbocycles. The van der Waals surface area contributed by atoms with Gasteiger partial charge in [0.1, 0.15) is 12.4 Å². The van der Waals surface area contributed by atoms with Gasteiger partial charge in [0.25, 0.3) is 0 Å². The van der Waals surface area contributed by atoms with E-state index in [1.165, 1.54) is 11.1 Å². The van der Waals surface area contributed by atoms with Crippen molar-refractivity contribution in [2.75, 3.05) is 25.7 Å². The predicted molar refractivity (Wildman–Crippen MR) is 90.6 cm³/mol. The number of benzene rings is 1. The quantitative estimate of drug-likeness (QED) is 0.460. The maximum atomic E-state index is 5.94. The summed E-state index contributed by atoms with van der Waals surface area (Å²) in [6, 6.07) is 6.64. The molecule has 21 heavy (non-hydrogen) atoms. The van der Waals surface area contributed by atoms with Crippen LogP contribution in [0.15, 0.2) is 18.2 Å². The Kier molecular flexibility index (Phi) is 8.79. The van der Waals surface area contributed by atoms with Gasteiger partial charge in [0, 0.05) is 5.88 Å². The molecular weight excluding hydrogens is 284 g/mol. The molecule has 0 aliphatic rings. The summed E-state index contributed by atoms with van der Waals surface area (Å²) in [6.07, 6.45) is 2.13. The van der Waals surface area contributed by atoms with Gasteiger partial charge in [0.05, 0.1) is 13.2 Å². The van der Waals surface area contributed by atoms with Crippen LogP contribution in [-0.4, -0.2) is 25.7 Å². The molecule has 0 unspecified atom stereocenters. The van der Waals surface area contributed by atoms with Gasteiger partial charge < -0.3 is 9.47 Å². The Balaban J connectivity index is 2.69. The number of rotatable bonds is 10. The molecular formula is C18H29ClO2. The molecule has 0 heterocycles. The molecule has 1 aromatic rings. The van der Waals surface area contributed by atoms with E-state index in [1.807, 2.05) is 0 Å². The first-order chi connectivity index (χ1) is 10.0. The van der Waals surface area contributed by atoms with Crippen LogP contribution in [0.3, 0.4) is 0 Å². The minimum atomic E-state index is 0.530. The Morgan fingerprint density at radius 1 is 0.952 bits per heavy atom. The van der Waals surface area contributed by atoms with Gasteiger partial charge in [-0.3, -0.25) is 0 Å². The van der Waals surface area contributed by atoms with E-state index in [9.17, 15) is 0 Å². The molecule has 0 fully saturated rings. The monoisotopic (exact) mass is 312 g/mol. The molecule has 3 heteroatoms. The first kappa shape index (κ1) is 18.3. The molecule has 0 amide bonds. The van der Waals surface area contributed by atoms with E-state index in [-0.39, 0.29) is 0 Å². The summed E-state index contributed by atoms with van der Waals surface area (Å²) in [5.74, 6) is 2.82. The van der Waals surface area contributed by atoms with Crippen molar-refractivity contribution in [2.45, 2.75) is 40.5 Å². The average Bonchev–Trinajstić information content (AvgIpc) is 2.40. The largest absolute Gasteiger partial charge is 0.491 e. The van der Waals surface area contributed by atoms with Gasteiger partial charge in [-0.1, -0.05) is 39.8 Å². The van der Waals surface area contributed by atoms with E-state index in [0.717, 1.165) is 18.6 Å². The van der Waals surface area contributed by atoms with Crippen molar-refractivity contribution < 1.29 is 9.47 Å². The second-order valence-corrected chi connectivity index (χ2v) is 6.67. The van der Waals surface area contributed by atoms with Gasteiger partial charge in [-0.2, -0.15) is 0 Å². The highest BCUT2D eigenvalue weighted by Gasteiger charge is 2.08. The number of hydrogen-bond donors (Lipinski definition) is 0. The molecule has 0 spiro atoms. The van der Waals surface area contributed by atoms with E-state index in [2.05, 4.69) is 45.9 Å². The molecule has 0 saturated carbocycles. The van der Waals surface area contributed by atoms with Crippen LogP contribution in [0, 0.1) is 11.8 Å². The van der Waals surface area contributed by atoms with Crippen LogP contribution in [0.4, 0.5) is 0 Å². The zero-order valence-electron chi connectivity index (χ0n) is 13.8. The molecule has 0 atom stereocenters. The van der Waals surface area contributed by atoms with Crippen molar-refractivity contribution in [3.8, 4) is 5.75 Å². The molecule has 0 radical (unpaired) electrons. The van der Waals surface area contributed by atoms with E-state index < -0.39 is 0 Å². The Bertz CT molecular complexity index is 402. The first-order valence-electron chi connectivity index (χ1n) is 7.91. The van der Waals surface area contributed by atoms with E-state index in [4.69, 9.17) is 21.1 Å². The predicted octanol–water partition coefficient (Wildman–Crippen LogP) is 4.72. The molecule has 0 bridgehead atoms. The number of hydrogen-bond acceptors (Lipinski definition) is 2. The van der Waals surface area contributed by atoms with Crippen LogP contribution in [0.5, 0.6) is 5.75 Å². The third-order valence-corrected chi connectivity index (χ3v) is 3.26. The van der Waals surface area contributed by atoms with Gasteiger partial charge in [0.15, 0.2) is 0 Å². The molecule has 120 valence electrons. The van der Waals surface area contributed by atoms with Gasteiger partial charge in [-0.05, 0) is 41.9 Å². The summed E-state index contributed by atoms with van der Waals surface area (Å²) >= 11 is 5.58. The van der Waals surface area contributed by atoms with E-state index in [1.54, 1.807) is 0 Å². The third-order valence-electron chi connectivity index (χ3n) is 3.11. The zero-order valence-corrected chi connectivity index (χ0v) is 14.6. The highest BCUT2D eigenvalue weighted by molar-refractivity contribution is 6.17. The Labute approximate surface area is 134 Å². The number of ether oxygens (including phenoxy) is 2. The van der Waals surface area contributed by atoms with E-state index in [0.29, 0.717) is 37.5 Å². The lowest BCUT2D eigenvalue weighted by Crippen LogP contribution is -2.10. The summed E-state index contributed by atoms with van der Waals surface area (Å²) in [5, 5.41) is 0. The van der Waals surface area contributed by atoms with Crippen molar-refractivity contribution in [3.05, 3.63) is 29.3 Å². The fourth-order valence-corrected chi connectivity index (χ4v) is 2.42. The normalized spacial score (nSPS) is 11.4. The fourth-order valence-electron chi connectivity index (χ4n) is 2.31. The fraction of sp³-hybridized carbons (Fsp3) is 0.667. The highest BCUT2D eigenvalue weighted by atomic mass is 35.5. The lowest BCUT2D eigenvalue weighted by atomic mass is 9.97. The Morgan fingerprint density at radius 3 is 2.29 bits per heavy atom. The van der Waals surface area contributed by atoms with Crippen LogP contribution in [0.2, 0.25) is 0 Å². The Morgan fingerprint density at radius 2 is 1.67 bits per heavy atom. The molecule has 0 N–H and O–H groups in total. The summed E-state index contributed by atoms with van der Waals surface area (Å²) < 4.78 is 11.3. The van der Waals surface area contributed by atoms with Gasteiger partial charge in [0.2, 0.25) is 0 Å². The maximum absolute atomic E-state index is 5.94. The molecule has 0 aromatic heterocycles. The minimum absolute atomic E-state index is 0.530. The van der Waals surface area contributed by atoms with Crippen LogP contribution in [0.1, 0.15) is 38.8 Å². The SMILES string of the molecule is CC(C)Cc1ccc(CC(C)C)c(OCCOCCCl)c1. The summed E-state index contributed by atoms with van der Waals surface area (Å²) in [5.41, 5.74) is 2.63. The van der Waals surface area contributed by atoms with Crippen molar-refractivity contribution in [1.29, 1.82) is 0 Å². The lowest BCUT2D eigenvalue weighted by Gasteiger charge is -2.15. The van der Waals surface area contributed by atoms with Gasteiger partial charge in [-0.25, -0.2) is 0 Å². The second-order valence-electron chi connectivity index (χ2n) is 6.29. The maximum Gasteiger partial charge on any atom is 0.122 e. The van der Waals surface area contributed by atoms with Crippen LogP contribution in [0.25, 0.3) is 0 Å². The van der Waals surface area contributed by atoms with Gasteiger partial charge in [-0.15, -0.1) is 11.6 Å². The standard InChI is InChI=1S/C18H29ClO2/c1-14(2)11-16-5-6-17(12-15(3)4)18(13-16)21-10-9-20-8-7-19/h5-6,13-15H,7-12H2,1-4H3. The second kappa shape index (κ2) is 10.1. The molecule has 1 rings (SSSR count). The summed E-state index contributed by atoms with van der Waals surface area (Å²) in [7, 11) is 0. The number of alkyl halides is 1. The van der Waals surface area contributed by atoms with Gasteiger partial charge >= 0.3 is 0 Å². The summed E-state index contributed by atoms with van der Waals surface area (Å²) in [6.45, 7) is 10.7. The Hall–Kier alpha value is -0.730. The topological polar surface area (TPSA) is 18.5 Å². The van der Waals surface area contributed by atoms with E-state index >= 15 is 0 Å². The van der Waals surface area contributed by atoms with Crippen molar-refractivity contribution in [2.24, 2.45) is 11.8 Å². The van der Waals surface area contributed by atoms with Crippen molar-refractivity contribution in [3.63, 3.8) is 0 Å². The number of halogens is 1. The minimum Gasteiger partial charge on any atom is -0.491 e. The van der Waals surface area contributed by atoms with Crippen LogP contribution in [-0.2, 0) is 17.6 Å². The smallest absolute Gasteiger partial charge is 0.122 e. The van der Waals surface area contributed by atoms with Crippen molar-refractivity contribution >= 4 is 11.6 Å². The zero-order chi connectivity index (χ0) is 15.7. The highest BCUT2D eigenvalue weighted by Crippen LogP contribution is 2.25. The molecule has 0 aliphatic heterocycles. The molecule has 2 nitrogen and oxygen atoms in total. The lowest BCUT2D eigenvalue weighted by molar-refractivity contribution is 0.111.